The van der Waals surface area contributed by atoms with Gasteiger partial charge >= 0.3 is 0 Å². The van der Waals surface area contributed by atoms with Gasteiger partial charge in [-0.2, -0.15) is 10.2 Å². The van der Waals surface area contributed by atoms with Gasteiger partial charge in [0.05, 0.1) is 36.2 Å². The predicted molar refractivity (Wildman–Crippen MR) is 102 cm³/mol. The van der Waals surface area contributed by atoms with E-state index in [1.54, 1.807) is 35.4 Å². The molecule has 2 aromatic heterocycles. The van der Waals surface area contributed by atoms with Crippen molar-refractivity contribution >= 4 is 23.2 Å². The molecule has 1 aromatic carbocycles. The Kier molecular flexibility index (Phi) is 5.70. The first-order chi connectivity index (χ1) is 12.5. The molecule has 0 saturated carbocycles. The monoisotopic (exact) mass is 372 g/mol. The highest BCUT2D eigenvalue weighted by Crippen LogP contribution is 2.12. The lowest BCUT2D eigenvalue weighted by Crippen LogP contribution is -2.18. The number of hydrogen-bond acceptors (Lipinski definition) is 4. The molecule has 8 heteroatoms. The molecule has 0 aliphatic carbocycles. The number of carbonyl (C=O) groups excluding carboxylic acids is 1. The second-order valence-corrected chi connectivity index (χ2v) is 6.74. The predicted octanol–water partition coefficient (Wildman–Crippen LogP) is 2.60. The maximum Gasteiger partial charge on any atom is 0.255 e. The number of rotatable bonds is 7. The van der Waals surface area contributed by atoms with Gasteiger partial charge < -0.3 is 10.2 Å². The molecular weight excluding hydrogens is 352 g/mol. The molecule has 0 aliphatic rings. The van der Waals surface area contributed by atoms with Crippen LogP contribution in [0.5, 0.6) is 0 Å². The van der Waals surface area contributed by atoms with Gasteiger partial charge in [-0.3, -0.25) is 14.2 Å². The Morgan fingerprint density at radius 1 is 1.12 bits per heavy atom. The zero-order chi connectivity index (χ0) is 18.5. The molecule has 3 rings (SSSR count). The minimum atomic E-state index is -0.161. The number of hydrogen-bond donors (Lipinski definition) is 1. The molecule has 0 bridgehead atoms. The third-order valence-electron chi connectivity index (χ3n) is 3.83. The SMILES string of the molecule is CN(C)CCn1cc(NC(=O)c2ccc(Cn3cc(Cl)cn3)cc2)cn1. The number of carbonyl (C=O) groups is 1. The fourth-order valence-electron chi connectivity index (χ4n) is 2.43. The van der Waals surface area contributed by atoms with Crippen LogP contribution in [0.15, 0.2) is 49.1 Å². The van der Waals surface area contributed by atoms with E-state index >= 15 is 0 Å². The van der Waals surface area contributed by atoms with Crippen molar-refractivity contribution in [3.05, 3.63) is 65.2 Å². The molecule has 7 nitrogen and oxygen atoms in total. The van der Waals surface area contributed by atoms with Gasteiger partial charge in [0.15, 0.2) is 0 Å². The van der Waals surface area contributed by atoms with E-state index in [1.165, 1.54) is 0 Å². The van der Waals surface area contributed by atoms with Crippen molar-refractivity contribution in [3.8, 4) is 0 Å². The molecule has 2 heterocycles. The van der Waals surface area contributed by atoms with E-state index in [0.29, 0.717) is 22.8 Å². The minimum absolute atomic E-state index is 0.161. The maximum atomic E-state index is 12.4. The summed E-state index contributed by atoms with van der Waals surface area (Å²) in [4.78, 5) is 14.5. The van der Waals surface area contributed by atoms with Crippen LogP contribution in [-0.2, 0) is 13.1 Å². The lowest BCUT2D eigenvalue weighted by molar-refractivity contribution is 0.102. The van der Waals surface area contributed by atoms with Crippen LogP contribution in [-0.4, -0.2) is 51.0 Å². The Morgan fingerprint density at radius 2 is 1.85 bits per heavy atom. The van der Waals surface area contributed by atoms with Gasteiger partial charge in [-0.05, 0) is 31.8 Å². The Hall–Kier alpha value is -2.64. The molecule has 136 valence electrons. The fraction of sp³-hybridized carbons (Fsp3) is 0.278. The largest absolute Gasteiger partial charge is 0.319 e. The molecule has 0 radical (unpaired) electrons. The van der Waals surface area contributed by atoms with Crippen LogP contribution in [0.3, 0.4) is 0 Å². The van der Waals surface area contributed by atoms with Crippen molar-refractivity contribution in [2.45, 2.75) is 13.1 Å². The average Bonchev–Trinajstić information content (AvgIpc) is 3.22. The molecule has 3 aromatic rings. The van der Waals surface area contributed by atoms with Crippen LogP contribution in [0.2, 0.25) is 5.02 Å². The Bertz CT molecular complexity index is 868. The summed E-state index contributed by atoms with van der Waals surface area (Å²) in [5.74, 6) is -0.161. The van der Waals surface area contributed by atoms with Gasteiger partial charge in [-0.25, -0.2) is 0 Å². The number of likely N-dealkylation sites (N-methyl/N-ethyl adjacent to an activating group) is 1. The third-order valence-corrected chi connectivity index (χ3v) is 4.03. The van der Waals surface area contributed by atoms with Gasteiger partial charge in [0.2, 0.25) is 0 Å². The summed E-state index contributed by atoms with van der Waals surface area (Å²) in [5.41, 5.74) is 2.31. The smallest absolute Gasteiger partial charge is 0.255 e. The quantitative estimate of drug-likeness (QED) is 0.692. The number of amides is 1. The summed E-state index contributed by atoms with van der Waals surface area (Å²) in [5, 5.41) is 11.9. The Labute approximate surface area is 157 Å². The highest BCUT2D eigenvalue weighted by atomic mass is 35.5. The summed E-state index contributed by atoms with van der Waals surface area (Å²) < 4.78 is 3.56. The van der Waals surface area contributed by atoms with Crippen LogP contribution >= 0.6 is 11.6 Å². The molecule has 26 heavy (non-hydrogen) atoms. The fourth-order valence-corrected chi connectivity index (χ4v) is 2.59. The maximum absolute atomic E-state index is 12.4. The van der Waals surface area contributed by atoms with E-state index in [4.69, 9.17) is 11.6 Å². The van der Waals surface area contributed by atoms with Crippen molar-refractivity contribution in [3.63, 3.8) is 0 Å². The molecule has 1 amide bonds. The van der Waals surface area contributed by atoms with E-state index in [-0.39, 0.29) is 5.91 Å². The second kappa shape index (κ2) is 8.16. The molecular formula is C18H21ClN6O. The third kappa shape index (κ3) is 4.93. The average molecular weight is 373 g/mol. The lowest BCUT2D eigenvalue weighted by atomic mass is 10.1. The standard InChI is InChI=1S/C18H21ClN6O/c1-23(2)7-8-24-13-17(10-21-24)22-18(26)15-5-3-14(4-6-15)11-25-12-16(19)9-20-25/h3-6,9-10,12-13H,7-8,11H2,1-2H3,(H,22,26). The first kappa shape index (κ1) is 18.2. The molecule has 0 spiro atoms. The first-order valence-corrected chi connectivity index (χ1v) is 8.63. The Balaban J connectivity index is 1.57. The zero-order valence-electron chi connectivity index (χ0n) is 14.8. The Morgan fingerprint density at radius 3 is 2.50 bits per heavy atom. The van der Waals surface area contributed by atoms with Crippen molar-refractivity contribution in [1.82, 2.24) is 24.5 Å². The number of aromatic nitrogens is 4. The van der Waals surface area contributed by atoms with Crippen molar-refractivity contribution in [2.75, 3.05) is 26.0 Å². The zero-order valence-corrected chi connectivity index (χ0v) is 15.5. The van der Waals surface area contributed by atoms with Gasteiger partial charge in [0.1, 0.15) is 0 Å². The molecule has 0 atom stereocenters. The number of benzene rings is 1. The van der Waals surface area contributed by atoms with Crippen molar-refractivity contribution < 1.29 is 4.79 Å². The van der Waals surface area contributed by atoms with Gasteiger partial charge in [-0.1, -0.05) is 23.7 Å². The van der Waals surface area contributed by atoms with E-state index in [1.807, 2.05) is 37.1 Å². The van der Waals surface area contributed by atoms with Gasteiger partial charge in [-0.15, -0.1) is 0 Å². The number of halogens is 1. The van der Waals surface area contributed by atoms with Crippen LogP contribution in [0, 0.1) is 0 Å². The summed E-state index contributed by atoms with van der Waals surface area (Å²) >= 11 is 5.86. The number of nitrogens with zero attached hydrogens (tertiary/aromatic N) is 5. The van der Waals surface area contributed by atoms with E-state index in [9.17, 15) is 4.79 Å². The van der Waals surface area contributed by atoms with Gasteiger partial charge in [0, 0.05) is 24.5 Å². The van der Waals surface area contributed by atoms with E-state index < -0.39 is 0 Å². The van der Waals surface area contributed by atoms with Crippen molar-refractivity contribution in [1.29, 1.82) is 0 Å². The normalized spacial score (nSPS) is 11.1. The molecule has 0 saturated heterocycles. The summed E-state index contributed by atoms with van der Waals surface area (Å²) in [6.45, 7) is 2.26. The van der Waals surface area contributed by atoms with Crippen LogP contribution in [0.4, 0.5) is 5.69 Å². The topological polar surface area (TPSA) is 68.0 Å². The van der Waals surface area contributed by atoms with Crippen LogP contribution < -0.4 is 5.32 Å². The molecule has 1 N–H and O–H groups in total. The summed E-state index contributed by atoms with van der Waals surface area (Å²) in [6, 6.07) is 7.41. The summed E-state index contributed by atoms with van der Waals surface area (Å²) in [6.07, 6.45) is 6.85. The van der Waals surface area contributed by atoms with Crippen molar-refractivity contribution in [2.24, 2.45) is 0 Å². The number of anilines is 1. The van der Waals surface area contributed by atoms with Crippen LogP contribution in [0.25, 0.3) is 0 Å². The second-order valence-electron chi connectivity index (χ2n) is 6.30. The van der Waals surface area contributed by atoms with E-state index in [2.05, 4.69) is 20.4 Å². The lowest BCUT2D eigenvalue weighted by Gasteiger charge is -2.08. The van der Waals surface area contributed by atoms with Crippen LogP contribution in [0.1, 0.15) is 15.9 Å². The summed E-state index contributed by atoms with van der Waals surface area (Å²) in [7, 11) is 4.02. The highest BCUT2D eigenvalue weighted by Gasteiger charge is 2.08. The number of nitrogens with one attached hydrogen (secondary N) is 1. The molecule has 0 aliphatic heterocycles. The minimum Gasteiger partial charge on any atom is -0.319 e. The van der Waals surface area contributed by atoms with Gasteiger partial charge in [0.25, 0.3) is 5.91 Å². The highest BCUT2D eigenvalue weighted by molar-refractivity contribution is 6.30. The van der Waals surface area contributed by atoms with E-state index in [0.717, 1.165) is 18.7 Å². The molecule has 0 fully saturated rings. The molecule has 0 unspecified atom stereocenters. The first-order valence-electron chi connectivity index (χ1n) is 8.25.